The maximum atomic E-state index is 12.8. The zero-order chi connectivity index (χ0) is 20.3. The molecular weight excluding hydrogens is 395 g/mol. The third-order valence-electron chi connectivity index (χ3n) is 3.83. The first-order chi connectivity index (χ1) is 13.3. The lowest BCUT2D eigenvalue weighted by molar-refractivity contribution is -0.137. The molecule has 146 valence electrons. The number of rotatable bonds is 5. The molecule has 0 fully saturated rings. The van der Waals surface area contributed by atoms with Gasteiger partial charge in [-0.1, -0.05) is 11.6 Å². The number of carbonyl (C=O) groups excluding carboxylic acids is 1. The number of anilines is 1. The molecule has 9 heteroatoms. The summed E-state index contributed by atoms with van der Waals surface area (Å²) >= 11 is 5.90. The molecule has 2 N–H and O–H groups in total. The van der Waals surface area contributed by atoms with Gasteiger partial charge >= 0.3 is 6.18 Å². The van der Waals surface area contributed by atoms with Gasteiger partial charge in [-0.15, -0.1) is 0 Å². The Hall–Kier alpha value is -3.00. The normalized spacial score (nSPS) is 11.3. The van der Waals surface area contributed by atoms with E-state index >= 15 is 0 Å². The highest BCUT2D eigenvalue weighted by molar-refractivity contribution is 6.33. The van der Waals surface area contributed by atoms with E-state index in [2.05, 4.69) is 15.5 Å². The molecule has 1 aromatic heterocycles. The second-order valence-electron chi connectivity index (χ2n) is 5.77. The summed E-state index contributed by atoms with van der Waals surface area (Å²) in [5, 5.41) is 8.99. The number of aromatic nitrogens is 2. The van der Waals surface area contributed by atoms with Gasteiger partial charge in [-0.3, -0.25) is 9.89 Å². The van der Waals surface area contributed by atoms with Crippen molar-refractivity contribution in [2.75, 3.05) is 11.9 Å². The van der Waals surface area contributed by atoms with Gasteiger partial charge in [0, 0.05) is 5.56 Å². The van der Waals surface area contributed by atoms with Crippen LogP contribution >= 0.6 is 11.6 Å². The Morgan fingerprint density at radius 3 is 2.54 bits per heavy atom. The van der Waals surface area contributed by atoms with E-state index in [0.717, 1.165) is 23.8 Å². The Balaban J connectivity index is 1.78. The van der Waals surface area contributed by atoms with Crippen molar-refractivity contribution in [3.8, 4) is 17.0 Å². The molecule has 3 aromatic rings. The number of nitrogens with one attached hydrogen (secondary N) is 2. The SMILES string of the molecule is CCOc1ccc(-c2cc(C(=O)Nc3cc(C(F)(F)F)ccc3Cl)[nH]n2)cc1. The molecule has 2 aromatic carbocycles. The van der Waals surface area contributed by atoms with E-state index in [9.17, 15) is 18.0 Å². The molecule has 1 amide bonds. The number of alkyl halides is 3. The van der Waals surface area contributed by atoms with Crippen molar-refractivity contribution in [3.05, 3.63) is 64.8 Å². The van der Waals surface area contributed by atoms with Crippen molar-refractivity contribution in [3.63, 3.8) is 0 Å². The molecule has 28 heavy (non-hydrogen) atoms. The highest BCUT2D eigenvalue weighted by Gasteiger charge is 2.31. The number of ether oxygens (including phenoxy) is 1. The number of benzene rings is 2. The number of halogens is 4. The van der Waals surface area contributed by atoms with Crippen LogP contribution in [0, 0.1) is 0 Å². The zero-order valence-corrected chi connectivity index (χ0v) is 15.4. The van der Waals surface area contributed by atoms with Crippen molar-refractivity contribution in [1.29, 1.82) is 0 Å². The largest absolute Gasteiger partial charge is 0.494 e. The summed E-state index contributed by atoms with van der Waals surface area (Å²) in [5.74, 6) is 0.0462. The highest BCUT2D eigenvalue weighted by Crippen LogP contribution is 2.34. The Labute approximate surface area is 163 Å². The predicted molar refractivity (Wildman–Crippen MR) is 99.6 cm³/mol. The van der Waals surface area contributed by atoms with Crippen LogP contribution in [-0.4, -0.2) is 22.7 Å². The summed E-state index contributed by atoms with van der Waals surface area (Å²) in [5.41, 5.74) is 0.280. The molecule has 0 unspecified atom stereocenters. The molecule has 0 aliphatic heterocycles. The summed E-state index contributed by atoms with van der Waals surface area (Å²) in [6, 6.07) is 11.3. The van der Waals surface area contributed by atoms with E-state index in [1.165, 1.54) is 6.07 Å². The molecule has 0 atom stereocenters. The minimum atomic E-state index is -4.54. The summed E-state index contributed by atoms with van der Waals surface area (Å²) in [6.45, 7) is 2.42. The molecule has 0 saturated carbocycles. The monoisotopic (exact) mass is 409 g/mol. The summed E-state index contributed by atoms with van der Waals surface area (Å²) < 4.78 is 43.9. The smallest absolute Gasteiger partial charge is 0.416 e. The third kappa shape index (κ3) is 4.45. The van der Waals surface area contributed by atoms with Crippen LogP contribution in [0.15, 0.2) is 48.5 Å². The van der Waals surface area contributed by atoms with Gasteiger partial charge in [-0.2, -0.15) is 18.3 Å². The molecule has 0 saturated heterocycles. The maximum absolute atomic E-state index is 12.8. The fraction of sp³-hybridized carbons (Fsp3) is 0.158. The van der Waals surface area contributed by atoms with Crippen LogP contribution in [0.3, 0.4) is 0 Å². The third-order valence-corrected chi connectivity index (χ3v) is 4.16. The van der Waals surface area contributed by atoms with Gasteiger partial charge in [0.15, 0.2) is 0 Å². The van der Waals surface area contributed by atoms with Crippen LogP contribution in [-0.2, 0) is 6.18 Å². The van der Waals surface area contributed by atoms with Crippen LogP contribution in [0.25, 0.3) is 11.3 Å². The average molecular weight is 410 g/mol. The first-order valence-corrected chi connectivity index (χ1v) is 8.62. The van der Waals surface area contributed by atoms with E-state index in [1.54, 1.807) is 24.3 Å². The maximum Gasteiger partial charge on any atom is 0.416 e. The number of amides is 1. The van der Waals surface area contributed by atoms with Gasteiger partial charge in [-0.25, -0.2) is 0 Å². The highest BCUT2D eigenvalue weighted by atomic mass is 35.5. The average Bonchev–Trinajstić information content (AvgIpc) is 3.14. The number of hydrogen-bond acceptors (Lipinski definition) is 3. The quantitative estimate of drug-likeness (QED) is 0.593. The molecule has 0 aliphatic rings. The van der Waals surface area contributed by atoms with E-state index < -0.39 is 17.6 Å². The van der Waals surface area contributed by atoms with Crippen molar-refractivity contribution in [2.45, 2.75) is 13.1 Å². The summed E-state index contributed by atoms with van der Waals surface area (Å²) in [6.07, 6.45) is -4.54. The van der Waals surface area contributed by atoms with Crippen LogP contribution in [0.2, 0.25) is 5.02 Å². The molecule has 0 bridgehead atoms. The second kappa shape index (κ2) is 7.93. The molecule has 3 rings (SSSR count). The Morgan fingerprint density at radius 1 is 1.18 bits per heavy atom. The molecule has 0 aliphatic carbocycles. The number of H-pyrrole nitrogens is 1. The first kappa shape index (κ1) is 19.8. The predicted octanol–water partition coefficient (Wildman–Crippen LogP) is 5.40. The van der Waals surface area contributed by atoms with Crippen LogP contribution in [0.1, 0.15) is 23.0 Å². The van der Waals surface area contributed by atoms with Gasteiger partial charge in [0.2, 0.25) is 0 Å². The van der Waals surface area contributed by atoms with Crippen molar-refractivity contribution in [2.24, 2.45) is 0 Å². The molecule has 5 nitrogen and oxygen atoms in total. The molecule has 0 radical (unpaired) electrons. The van der Waals surface area contributed by atoms with E-state index in [0.29, 0.717) is 18.1 Å². The Morgan fingerprint density at radius 2 is 1.89 bits per heavy atom. The Kier molecular flexibility index (Phi) is 5.60. The van der Waals surface area contributed by atoms with E-state index in [4.69, 9.17) is 16.3 Å². The zero-order valence-electron chi connectivity index (χ0n) is 14.6. The van der Waals surface area contributed by atoms with Gasteiger partial charge < -0.3 is 10.1 Å². The second-order valence-corrected chi connectivity index (χ2v) is 6.18. The number of aromatic amines is 1. The lowest BCUT2D eigenvalue weighted by Gasteiger charge is -2.11. The van der Waals surface area contributed by atoms with Gasteiger partial charge in [0.05, 0.1) is 28.6 Å². The Bertz CT molecular complexity index is 985. The van der Waals surface area contributed by atoms with Gasteiger partial charge in [0.25, 0.3) is 5.91 Å². The standard InChI is InChI=1S/C19H15ClF3N3O2/c1-2-28-13-6-3-11(4-7-13)15-10-17(26-25-15)18(27)24-16-9-12(19(21,22)23)5-8-14(16)20/h3-10H,2H2,1H3,(H,24,27)(H,25,26). The van der Waals surface area contributed by atoms with Crippen molar-refractivity contribution in [1.82, 2.24) is 10.2 Å². The lowest BCUT2D eigenvalue weighted by Crippen LogP contribution is -2.14. The number of carbonyl (C=O) groups is 1. The first-order valence-electron chi connectivity index (χ1n) is 8.24. The number of nitrogens with zero attached hydrogens (tertiary/aromatic N) is 1. The van der Waals surface area contributed by atoms with Gasteiger partial charge in [-0.05, 0) is 55.5 Å². The van der Waals surface area contributed by atoms with E-state index in [-0.39, 0.29) is 16.4 Å². The van der Waals surface area contributed by atoms with Crippen molar-refractivity contribution < 1.29 is 22.7 Å². The van der Waals surface area contributed by atoms with Crippen molar-refractivity contribution >= 4 is 23.2 Å². The van der Waals surface area contributed by atoms with Crippen LogP contribution < -0.4 is 10.1 Å². The number of hydrogen-bond donors (Lipinski definition) is 2. The minimum Gasteiger partial charge on any atom is -0.494 e. The van der Waals surface area contributed by atoms with Crippen LogP contribution in [0.5, 0.6) is 5.75 Å². The van der Waals surface area contributed by atoms with Gasteiger partial charge in [0.1, 0.15) is 11.4 Å². The molecule has 1 heterocycles. The fourth-order valence-corrected chi connectivity index (χ4v) is 2.63. The summed E-state index contributed by atoms with van der Waals surface area (Å²) in [7, 11) is 0. The van der Waals surface area contributed by atoms with E-state index in [1.807, 2.05) is 6.92 Å². The molecule has 0 spiro atoms. The minimum absolute atomic E-state index is 0.00685. The lowest BCUT2D eigenvalue weighted by atomic mass is 10.1. The van der Waals surface area contributed by atoms with Crippen LogP contribution in [0.4, 0.5) is 18.9 Å². The summed E-state index contributed by atoms with van der Waals surface area (Å²) in [4.78, 5) is 12.4. The fourth-order valence-electron chi connectivity index (χ4n) is 2.46. The molecular formula is C19H15ClF3N3O2. The topological polar surface area (TPSA) is 67.0 Å².